The highest BCUT2D eigenvalue weighted by Gasteiger charge is 2.26. The molecule has 1 aliphatic rings. The topological polar surface area (TPSA) is 79.6 Å². The molecule has 2 rings (SSSR count). The van der Waals surface area contributed by atoms with Crippen molar-refractivity contribution in [1.29, 1.82) is 0 Å². The largest absolute Gasteiger partial charge is 0.481 e. The van der Waals surface area contributed by atoms with E-state index in [-0.39, 0.29) is 24.0 Å². The van der Waals surface area contributed by atoms with E-state index >= 15 is 0 Å². The standard InChI is InChI=1S/C15H20N2O4/c1-10(18)12-8-13(16(2)9-12)15(21)17-5-3-11(4-6-17)7-14(19)20/h8-9,11H,3-7H2,1-2H3,(H,19,20). The molecule has 6 heteroatoms. The Hall–Kier alpha value is -2.11. The molecular weight excluding hydrogens is 272 g/mol. The molecule has 0 saturated carbocycles. The van der Waals surface area contributed by atoms with Crippen LogP contribution in [-0.2, 0) is 11.8 Å². The number of rotatable bonds is 4. The molecule has 0 aromatic carbocycles. The van der Waals surface area contributed by atoms with E-state index in [9.17, 15) is 14.4 Å². The Labute approximate surface area is 123 Å². The number of piperidine rings is 1. The van der Waals surface area contributed by atoms with Gasteiger partial charge in [0.15, 0.2) is 5.78 Å². The Morgan fingerprint density at radius 3 is 2.38 bits per heavy atom. The first kappa shape index (κ1) is 15.3. The molecule has 0 unspecified atom stereocenters. The molecule has 1 amide bonds. The van der Waals surface area contributed by atoms with Crippen LogP contribution in [-0.4, -0.2) is 45.3 Å². The number of aromatic nitrogens is 1. The highest BCUT2D eigenvalue weighted by atomic mass is 16.4. The van der Waals surface area contributed by atoms with Crippen molar-refractivity contribution in [2.75, 3.05) is 13.1 Å². The molecule has 1 aliphatic heterocycles. The summed E-state index contributed by atoms with van der Waals surface area (Å²) in [5.41, 5.74) is 1.03. The Morgan fingerprint density at radius 1 is 1.29 bits per heavy atom. The van der Waals surface area contributed by atoms with Crippen molar-refractivity contribution in [2.45, 2.75) is 26.2 Å². The van der Waals surface area contributed by atoms with Crippen LogP contribution in [0.4, 0.5) is 0 Å². The van der Waals surface area contributed by atoms with Gasteiger partial charge in [-0.1, -0.05) is 0 Å². The molecule has 1 fully saturated rings. The minimum absolute atomic E-state index is 0.0650. The van der Waals surface area contributed by atoms with Gasteiger partial charge in [0.25, 0.3) is 5.91 Å². The van der Waals surface area contributed by atoms with E-state index < -0.39 is 5.97 Å². The third kappa shape index (κ3) is 3.51. The average molecular weight is 292 g/mol. The van der Waals surface area contributed by atoms with Crippen LogP contribution in [0.2, 0.25) is 0 Å². The van der Waals surface area contributed by atoms with Crippen LogP contribution in [0.1, 0.15) is 47.0 Å². The summed E-state index contributed by atoms with van der Waals surface area (Å²) < 4.78 is 1.67. The first-order chi connectivity index (χ1) is 9.88. The van der Waals surface area contributed by atoms with E-state index in [0.717, 1.165) is 0 Å². The Bertz CT molecular complexity index is 568. The lowest BCUT2D eigenvalue weighted by Gasteiger charge is -2.31. The van der Waals surface area contributed by atoms with Gasteiger partial charge in [-0.2, -0.15) is 0 Å². The summed E-state index contributed by atoms with van der Waals surface area (Å²) >= 11 is 0. The molecule has 6 nitrogen and oxygen atoms in total. The van der Waals surface area contributed by atoms with Crippen molar-refractivity contribution in [2.24, 2.45) is 13.0 Å². The fourth-order valence-corrected chi connectivity index (χ4v) is 2.72. The first-order valence-electron chi connectivity index (χ1n) is 7.07. The van der Waals surface area contributed by atoms with Crippen molar-refractivity contribution < 1.29 is 19.5 Å². The van der Waals surface area contributed by atoms with Gasteiger partial charge in [0.1, 0.15) is 5.69 Å². The summed E-state index contributed by atoms with van der Waals surface area (Å²) in [5, 5.41) is 8.79. The van der Waals surface area contributed by atoms with Crippen LogP contribution < -0.4 is 0 Å². The van der Waals surface area contributed by atoms with E-state index in [1.807, 2.05) is 0 Å². The molecule has 0 atom stereocenters. The van der Waals surface area contributed by atoms with Gasteiger partial charge in [0.2, 0.25) is 0 Å². The molecule has 0 aliphatic carbocycles. The number of likely N-dealkylation sites (tertiary alicyclic amines) is 1. The molecule has 1 N–H and O–H groups in total. The third-order valence-corrected chi connectivity index (χ3v) is 4.00. The quantitative estimate of drug-likeness (QED) is 0.854. The van der Waals surface area contributed by atoms with Crippen molar-refractivity contribution in [3.05, 3.63) is 23.5 Å². The maximum atomic E-state index is 12.5. The average Bonchev–Trinajstić information content (AvgIpc) is 2.80. The number of hydrogen-bond donors (Lipinski definition) is 1. The molecule has 1 aromatic heterocycles. The van der Waals surface area contributed by atoms with E-state index in [4.69, 9.17) is 5.11 Å². The highest BCUT2D eigenvalue weighted by molar-refractivity contribution is 5.99. The van der Waals surface area contributed by atoms with Crippen molar-refractivity contribution in [1.82, 2.24) is 9.47 Å². The second-order valence-corrected chi connectivity index (χ2v) is 5.61. The molecule has 2 heterocycles. The van der Waals surface area contributed by atoms with Gasteiger partial charge in [-0.05, 0) is 31.7 Å². The van der Waals surface area contributed by atoms with E-state index in [0.29, 0.717) is 37.2 Å². The number of aryl methyl sites for hydroxylation is 1. The molecule has 114 valence electrons. The Kier molecular flexibility index (Phi) is 4.45. The zero-order valence-corrected chi connectivity index (χ0v) is 12.3. The van der Waals surface area contributed by atoms with E-state index in [1.54, 1.807) is 28.8 Å². The second kappa shape index (κ2) is 6.11. The predicted molar refractivity (Wildman–Crippen MR) is 76.3 cm³/mol. The van der Waals surface area contributed by atoms with Crippen LogP contribution in [0.3, 0.4) is 0 Å². The van der Waals surface area contributed by atoms with Crippen molar-refractivity contribution >= 4 is 17.7 Å². The number of Topliss-reactive ketones (excluding diaryl/α,β-unsaturated/α-hetero) is 1. The van der Waals surface area contributed by atoms with E-state index in [1.165, 1.54) is 6.92 Å². The lowest BCUT2D eigenvalue weighted by atomic mass is 9.93. The molecule has 1 aromatic rings. The fraction of sp³-hybridized carbons (Fsp3) is 0.533. The number of carboxylic acids is 1. The summed E-state index contributed by atoms with van der Waals surface area (Å²) in [7, 11) is 1.75. The van der Waals surface area contributed by atoms with Gasteiger partial charge in [0.05, 0.1) is 0 Å². The number of carbonyl (C=O) groups excluding carboxylic acids is 2. The molecule has 0 spiro atoms. The predicted octanol–water partition coefficient (Wildman–Crippen LogP) is 1.55. The third-order valence-electron chi connectivity index (χ3n) is 4.00. The number of nitrogens with zero attached hydrogens (tertiary/aromatic N) is 2. The zero-order valence-electron chi connectivity index (χ0n) is 12.3. The van der Waals surface area contributed by atoms with Crippen LogP contribution in [0, 0.1) is 5.92 Å². The Balaban J connectivity index is 2.02. The molecule has 0 radical (unpaired) electrons. The molecular formula is C15H20N2O4. The monoisotopic (exact) mass is 292 g/mol. The van der Waals surface area contributed by atoms with Gasteiger partial charge in [-0.3, -0.25) is 14.4 Å². The minimum atomic E-state index is -0.784. The van der Waals surface area contributed by atoms with Crippen molar-refractivity contribution in [3.63, 3.8) is 0 Å². The Morgan fingerprint density at radius 2 is 1.90 bits per heavy atom. The van der Waals surface area contributed by atoms with Gasteiger partial charge < -0.3 is 14.6 Å². The van der Waals surface area contributed by atoms with Gasteiger partial charge in [0, 0.05) is 38.3 Å². The van der Waals surface area contributed by atoms with Gasteiger partial charge >= 0.3 is 5.97 Å². The van der Waals surface area contributed by atoms with E-state index in [2.05, 4.69) is 0 Å². The number of carboxylic acid groups (broad SMARTS) is 1. The first-order valence-corrected chi connectivity index (χ1v) is 7.07. The fourth-order valence-electron chi connectivity index (χ4n) is 2.72. The normalized spacial score (nSPS) is 16.0. The SMILES string of the molecule is CC(=O)c1cc(C(=O)N2CCC(CC(=O)O)CC2)n(C)c1. The summed E-state index contributed by atoms with van der Waals surface area (Å²) in [6, 6.07) is 1.62. The summed E-state index contributed by atoms with van der Waals surface area (Å²) in [6.45, 7) is 2.61. The smallest absolute Gasteiger partial charge is 0.303 e. The lowest BCUT2D eigenvalue weighted by molar-refractivity contribution is -0.138. The van der Waals surface area contributed by atoms with Gasteiger partial charge in [-0.25, -0.2) is 0 Å². The molecule has 0 bridgehead atoms. The number of amides is 1. The van der Waals surface area contributed by atoms with Crippen LogP contribution in [0.25, 0.3) is 0 Å². The molecule has 1 saturated heterocycles. The van der Waals surface area contributed by atoms with Gasteiger partial charge in [-0.15, -0.1) is 0 Å². The number of ketones is 1. The van der Waals surface area contributed by atoms with Crippen molar-refractivity contribution in [3.8, 4) is 0 Å². The summed E-state index contributed by atoms with van der Waals surface area (Å²) in [4.78, 5) is 36.3. The zero-order chi connectivity index (χ0) is 15.6. The lowest BCUT2D eigenvalue weighted by Crippen LogP contribution is -2.39. The maximum Gasteiger partial charge on any atom is 0.303 e. The minimum Gasteiger partial charge on any atom is -0.481 e. The highest BCUT2D eigenvalue weighted by Crippen LogP contribution is 2.22. The maximum absolute atomic E-state index is 12.5. The number of carbonyl (C=O) groups is 3. The second-order valence-electron chi connectivity index (χ2n) is 5.61. The number of hydrogen-bond acceptors (Lipinski definition) is 3. The summed E-state index contributed by atoms with van der Waals surface area (Å²) in [6.07, 6.45) is 3.25. The van der Waals surface area contributed by atoms with Crippen LogP contribution in [0.15, 0.2) is 12.3 Å². The van der Waals surface area contributed by atoms with Crippen LogP contribution >= 0.6 is 0 Å². The molecule has 21 heavy (non-hydrogen) atoms. The van der Waals surface area contributed by atoms with Crippen LogP contribution in [0.5, 0.6) is 0 Å². The number of aliphatic carboxylic acids is 1. The summed E-state index contributed by atoms with van der Waals surface area (Å²) in [5.74, 6) is -0.801.